The van der Waals surface area contributed by atoms with Crippen LogP contribution in [-0.2, 0) is 4.79 Å². The topological polar surface area (TPSA) is 99.6 Å². The van der Waals surface area contributed by atoms with Crippen LogP contribution in [0.2, 0.25) is 0 Å². The molecule has 0 aliphatic carbocycles. The second-order valence-electron chi connectivity index (χ2n) is 7.76. The summed E-state index contributed by atoms with van der Waals surface area (Å²) in [5.74, 6) is 1.07. The molecule has 32 heavy (non-hydrogen) atoms. The molecule has 2 aromatic carbocycles. The van der Waals surface area contributed by atoms with Crippen LogP contribution in [0.3, 0.4) is 0 Å². The van der Waals surface area contributed by atoms with Crippen LogP contribution in [0.5, 0.6) is 5.75 Å². The molecule has 8 heteroatoms. The molecule has 0 radical (unpaired) electrons. The maximum absolute atomic E-state index is 12.5. The molecule has 0 bridgehead atoms. The second kappa shape index (κ2) is 9.76. The summed E-state index contributed by atoms with van der Waals surface area (Å²) < 4.78 is 5.61. The Bertz CT molecular complexity index is 1100. The number of benzene rings is 2. The lowest BCUT2D eigenvalue weighted by atomic mass is 10.1. The number of ether oxygens (including phenoxy) is 1. The van der Waals surface area contributed by atoms with Gasteiger partial charge in [0.15, 0.2) is 6.61 Å². The lowest BCUT2D eigenvalue weighted by molar-refractivity contribution is -0.121. The summed E-state index contributed by atoms with van der Waals surface area (Å²) in [6, 6.07) is 13.8. The quantitative estimate of drug-likeness (QED) is 0.470. The van der Waals surface area contributed by atoms with Gasteiger partial charge in [-0.25, -0.2) is 9.97 Å². The van der Waals surface area contributed by atoms with Gasteiger partial charge in [0, 0.05) is 37.1 Å². The molecule has 3 N–H and O–H groups in total. The fourth-order valence-electron chi connectivity index (χ4n) is 3.76. The molecule has 8 nitrogen and oxygen atoms in total. The van der Waals surface area contributed by atoms with Crippen molar-refractivity contribution in [3.8, 4) is 17.0 Å². The SMILES string of the molecule is Cc1cc(C)cc(Nc2nccc(-c3ccc4c(c3)N(CCNCCO)C(=O)CO4)n2)c1. The number of anilines is 3. The third kappa shape index (κ3) is 5.04. The van der Waals surface area contributed by atoms with Gasteiger partial charge in [-0.1, -0.05) is 6.07 Å². The van der Waals surface area contributed by atoms with Crippen molar-refractivity contribution in [3.63, 3.8) is 0 Å². The van der Waals surface area contributed by atoms with E-state index < -0.39 is 0 Å². The first-order valence-corrected chi connectivity index (χ1v) is 10.6. The average Bonchev–Trinajstić information content (AvgIpc) is 2.77. The number of nitrogens with zero attached hydrogens (tertiary/aromatic N) is 3. The molecule has 0 saturated heterocycles. The van der Waals surface area contributed by atoms with Crippen LogP contribution in [0.15, 0.2) is 48.7 Å². The van der Waals surface area contributed by atoms with Gasteiger partial charge < -0.3 is 25.4 Å². The zero-order valence-corrected chi connectivity index (χ0v) is 18.3. The highest BCUT2D eigenvalue weighted by Gasteiger charge is 2.25. The Balaban J connectivity index is 1.58. The fraction of sp³-hybridized carbons (Fsp3) is 0.292. The zero-order chi connectivity index (χ0) is 22.5. The largest absolute Gasteiger partial charge is 0.482 e. The van der Waals surface area contributed by atoms with Crippen LogP contribution >= 0.6 is 0 Å². The van der Waals surface area contributed by atoms with Crippen molar-refractivity contribution in [2.24, 2.45) is 0 Å². The molecule has 0 spiro atoms. The van der Waals surface area contributed by atoms with E-state index in [1.54, 1.807) is 11.1 Å². The molecular weight excluding hydrogens is 406 g/mol. The second-order valence-corrected chi connectivity index (χ2v) is 7.76. The molecule has 4 rings (SSSR count). The Morgan fingerprint density at radius 2 is 1.91 bits per heavy atom. The van der Waals surface area contributed by atoms with Gasteiger partial charge in [-0.15, -0.1) is 0 Å². The Labute approximate surface area is 187 Å². The van der Waals surface area contributed by atoms with E-state index in [9.17, 15) is 4.79 Å². The minimum atomic E-state index is -0.0969. The van der Waals surface area contributed by atoms with Gasteiger partial charge in [0.05, 0.1) is 18.0 Å². The van der Waals surface area contributed by atoms with Crippen LogP contribution in [0, 0.1) is 13.8 Å². The van der Waals surface area contributed by atoms with E-state index in [0.717, 1.165) is 28.1 Å². The molecule has 1 amide bonds. The molecule has 0 atom stereocenters. The molecule has 1 aliphatic rings. The van der Waals surface area contributed by atoms with Crippen molar-refractivity contribution < 1.29 is 14.6 Å². The number of carbonyl (C=O) groups excluding carboxylic acids is 1. The van der Waals surface area contributed by atoms with Crippen LogP contribution in [0.4, 0.5) is 17.3 Å². The van der Waals surface area contributed by atoms with E-state index in [2.05, 4.69) is 40.5 Å². The predicted octanol–water partition coefficient (Wildman–Crippen LogP) is 2.81. The number of carbonyl (C=O) groups is 1. The smallest absolute Gasteiger partial charge is 0.265 e. The molecule has 0 saturated carbocycles. The van der Waals surface area contributed by atoms with E-state index in [-0.39, 0.29) is 19.1 Å². The van der Waals surface area contributed by atoms with Crippen LogP contribution in [-0.4, -0.2) is 53.8 Å². The van der Waals surface area contributed by atoms with Crippen molar-refractivity contribution in [2.75, 3.05) is 43.1 Å². The number of hydrogen-bond acceptors (Lipinski definition) is 7. The van der Waals surface area contributed by atoms with E-state index in [1.807, 2.05) is 36.4 Å². The predicted molar refractivity (Wildman–Crippen MR) is 124 cm³/mol. The molecule has 166 valence electrons. The molecule has 0 fully saturated rings. The summed E-state index contributed by atoms with van der Waals surface area (Å²) in [6.07, 6.45) is 1.71. The maximum atomic E-state index is 12.5. The summed E-state index contributed by atoms with van der Waals surface area (Å²) in [5.41, 5.74) is 5.58. The maximum Gasteiger partial charge on any atom is 0.265 e. The number of hydrogen-bond donors (Lipinski definition) is 3. The van der Waals surface area contributed by atoms with Gasteiger partial charge in [-0.3, -0.25) is 4.79 Å². The first-order valence-electron chi connectivity index (χ1n) is 10.6. The number of rotatable bonds is 8. The highest BCUT2D eigenvalue weighted by atomic mass is 16.5. The number of fused-ring (bicyclic) bond motifs is 1. The van der Waals surface area contributed by atoms with Gasteiger partial charge in [-0.05, 0) is 61.4 Å². The van der Waals surface area contributed by atoms with Gasteiger partial charge in [0.2, 0.25) is 5.95 Å². The molecule has 1 aromatic heterocycles. The first kappa shape index (κ1) is 21.7. The Morgan fingerprint density at radius 3 is 2.69 bits per heavy atom. The van der Waals surface area contributed by atoms with Crippen molar-refractivity contribution in [2.45, 2.75) is 13.8 Å². The zero-order valence-electron chi connectivity index (χ0n) is 18.3. The summed E-state index contributed by atoms with van der Waals surface area (Å²) in [4.78, 5) is 23.2. The van der Waals surface area contributed by atoms with E-state index in [0.29, 0.717) is 37.0 Å². The average molecular weight is 434 g/mol. The van der Waals surface area contributed by atoms with E-state index in [1.165, 1.54) is 0 Å². The lowest BCUT2D eigenvalue weighted by Crippen LogP contribution is -2.42. The summed E-state index contributed by atoms with van der Waals surface area (Å²) in [5, 5.41) is 15.3. The van der Waals surface area contributed by atoms with Crippen LogP contribution in [0.25, 0.3) is 11.3 Å². The third-order valence-electron chi connectivity index (χ3n) is 5.13. The number of aromatic nitrogens is 2. The van der Waals surface area contributed by atoms with Crippen molar-refractivity contribution in [1.82, 2.24) is 15.3 Å². The van der Waals surface area contributed by atoms with E-state index in [4.69, 9.17) is 9.84 Å². The van der Waals surface area contributed by atoms with Crippen LogP contribution in [0.1, 0.15) is 11.1 Å². The minimum absolute atomic E-state index is 0.0177. The van der Waals surface area contributed by atoms with E-state index >= 15 is 0 Å². The lowest BCUT2D eigenvalue weighted by Gasteiger charge is -2.30. The minimum Gasteiger partial charge on any atom is -0.482 e. The number of amides is 1. The van der Waals surface area contributed by atoms with Crippen molar-refractivity contribution in [1.29, 1.82) is 0 Å². The van der Waals surface area contributed by atoms with Gasteiger partial charge in [0.1, 0.15) is 5.75 Å². The Kier molecular flexibility index (Phi) is 6.63. The summed E-state index contributed by atoms with van der Waals surface area (Å²) in [7, 11) is 0. The number of aryl methyl sites for hydroxylation is 2. The summed E-state index contributed by atoms with van der Waals surface area (Å²) >= 11 is 0. The highest BCUT2D eigenvalue weighted by Crippen LogP contribution is 2.35. The third-order valence-corrected chi connectivity index (χ3v) is 5.13. The molecule has 0 unspecified atom stereocenters. The molecule has 2 heterocycles. The molecular formula is C24H27N5O3. The molecule has 3 aromatic rings. The van der Waals surface area contributed by atoms with Crippen LogP contribution < -0.4 is 20.3 Å². The van der Waals surface area contributed by atoms with Crippen molar-refractivity contribution >= 4 is 23.2 Å². The summed E-state index contributed by atoms with van der Waals surface area (Å²) in [6.45, 7) is 5.74. The van der Waals surface area contributed by atoms with Gasteiger partial charge >= 0.3 is 0 Å². The van der Waals surface area contributed by atoms with Crippen molar-refractivity contribution in [3.05, 3.63) is 59.8 Å². The Morgan fingerprint density at radius 1 is 1.09 bits per heavy atom. The molecule has 1 aliphatic heterocycles. The van der Waals surface area contributed by atoms with Gasteiger partial charge in [-0.2, -0.15) is 0 Å². The monoisotopic (exact) mass is 433 g/mol. The normalized spacial score (nSPS) is 13.0. The number of aliphatic hydroxyl groups is 1. The van der Waals surface area contributed by atoms with Gasteiger partial charge in [0.25, 0.3) is 5.91 Å². The number of aliphatic hydroxyl groups excluding tert-OH is 1. The first-order chi connectivity index (χ1) is 15.5. The Hall–Kier alpha value is -3.49. The fourth-order valence-corrected chi connectivity index (χ4v) is 3.76. The number of nitrogens with one attached hydrogen (secondary N) is 2. The standard InChI is InChI=1S/C24H27N5O3/c1-16-11-17(2)13-19(12-16)27-24-26-6-5-20(28-24)18-3-4-22-21(14-18)29(23(31)15-32-22)9-7-25-8-10-30/h3-6,11-14,25,30H,7-10,15H2,1-2H3,(H,26,27,28). The highest BCUT2D eigenvalue weighted by molar-refractivity contribution is 5.98.